The average Bonchev–Trinajstić information content (AvgIpc) is 2.43. The van der Waals surface area contributed by atoms with Crippen molar-refractivity contribution in [3.05, 3.63) is 47.5 Å². The number of halogens is 2. The molecule has 1 aromatic rings. The van der Waals surface area contributed by atoms with Gasteiger partial charge in [-0.15, -0.1) is 0 Å². The van der Waals surface area contributed by atoms with Gasteiger partial charge in [0.2, 0.25) is 0 Å². The van der Waals surface area contributed by atoms with Gasteiger partial charge in [-0.1, -0.05) is 68.3 Å². The Morgan fingerprint density at radius 3 is 1.44 bits per heavy atom. The van der Waals surface area contributed by atoms with E-state index in [9.17, 15) is 9.59 Å². The van der Waals surface area contributed by atoms with Gasteiger partial charge in [-0.05, 0) is 23.3 Å². The molecule has 0 aliphatic heterocycles. The quantitative estimate of drug-likeness (QED) is 0.565. The number of hydrogen-bond acceptors (Lipinski definition) is 2. The fraction of sp³-hybridized carbons (Fsp3) is 0.143. The van der Waals surface area contributed by atoms with Crippen molar-refractivity contribution < 1.29 is 9.59 Å². The third-order valence-electron chi connectivity index (χ3n) is 2.12. The highest BCUT2D eigenvalue weighted by molar-refractivity contribution is 9.09. The molecule has 94 valence electrons. The smallest absolute Gasteiger partial charge is 0.166 e. The van der Waals surface area contributed by atoms with Gasteiger partial charge in [-0.2, -0.15) is 0 Å². The zero-order valence-electron chi connectivity index (χ0n) is 9.61. The maximum absolute atomic E-state index is 11.1. The van der Waals surface area contributed by atoms with E-state index < -0.39 is 0 Å². The molecule has 0 aliphatic rings. The predicted molar refractivity (Wildman–Crippen MR) is 82.1 cm³/mol. The van der Waals surface area contributed by atoms with Crippen LogP contribution in [0.4, 0.5) is 0 Å². The van der Waals surface area contributed by atoms with Crippen molar-refractivity contribution in [1.82, 2.24) is 0 Å². The molecule has 0 heterocycles. The van der Waals surface area contributed by atoms with Crippen molar-refractivity contribution in [3.63, 3.8) is 0 Å². The van der Waals surface area contributed by atoms with E-state index in [1.54, 1.807) is 12.2 Å². The molecule has 1 aromatic carbocycles. The van der Waals surface area contributed by atoms with Crippen LogP contribution in [0.25, 0.3) is 12.2 Å². The average molecular weight is 372 g/mol. The lowest BCUT2D eigenvalue weighted by molar-refractivity contribution is -0.113. The van der Waals surface area contributed by atoms with E-state index in [-0.39, 0.29) is 11.6 Å². The molecular weight excluding hydrogens is 360 g/mol. The van der Waals surface area contributed by atoms with E-state index in [0.717, 1.165) is 11.1 Å². The lowest BCUT2D eigenvalue weighted by Gasteiger charge is -1.95. The van der Waals surface area contributed by atoms with Gasteiger partial charge in [-0.3, -0.25) is 9.59 Å². The molecule has 0 bridgehead atoms. The fourth-order valence-electron chi connectivity index (χ4n) is 1.19. The molecule has 0 atom stereocenters. The molecule has 0 saturated heterocycles. The van der Waals surface area contributed by atoms with Crippen LogP contribution in [0.3, 0.4) is 0 Å². The van der Waals surface area contributed by atoms with Crippen molar-refractivity contribution in [3.8, 4) is 0 Å². The van der Waals surface area contributed by atoms with Crippen LogP contribution in [0.15, 0.2) is 36.4 Å². The van der Waals surface area contributed by atoms with Crippen molar-refractivity contribution >= 4 is 55.6 Å². The Morgan fingerprint density at radius 2 is 1.17 bits per heavy atom. The molecule has 18 heavy (non-hydrogen) atoms. The highest BCUT2D eigenvalue weighted by Gasteiger charge is 1.94. The van der Waals surface area contributed by atoms with E-state index in [4.69, 9.17) is 0 Å². The molecule has 0 radical (unpaired) electrons. The van der Waals surface area contributed by atoms with E-state index >= 15 is 0 Å². The van der Waals surface area contributed by atoms with Crippen LogP contribution >= 0.6 is 31.9 Å². The largest absolute Gasteiger partial charge is 0.294 e. The molecule has 0 N–H and O–H groups in total. The molecular formula is C14H12Br2O2. The van der Waals surface area contributed by atoms with E-state index in [1.807, 2.05) is 24.3 Å². The number of carbonyl (C=O) groups is 2. The SMILES string of the molecule is O=C(/C=C/c1ccc(/C=C/C(=O)CBr)cc1)CBr. The van der Waals surface area contributed by atoms with Gasteiger partial charge >= 0.3 is 0 Å². The molecule has 0 aromatic heterocycles. The Hall–Kier alpha value is -1.00. The zero-order chi connectivity index (χ0) is 13.4. The summed E-state index contributed by atoms with van der Waals surface area (Å²) in [6, 6.07) is 7.60. The molecule has 0 spiro atoms. The topological polar surface area (TPSA) is 34.1 Å². The fourth-order valence-corrected chi connectivity index (χ4v) is 1.56. The minimum absolute atomic E-state index is 0.0295. The third-order valence-corrected chi connectivity index (χ3v) is 3.23. The summed E-state index contributed by atoms with van der Waals surface area (Å²) in [7, 11) is 0. The molecule has 0 saturated carbocycles. The minimum Gasteiger partial charge on any atom is -0.294 e. The Kier molecular flexibility index (Phi) is 6.83. The first-order valence-corrected chi connectivity index (χ1v) is 7.54. The summed E-state index contributed by atoms with van der Waals surface area (Å²) in [4.78, 5) is 22.2. The number of allylic oxidation sites excluding steroid dienone is 2. The van der Waals surface area contributed by atoms with Gasteiger partial charge in [0, 0.05) is 0 Å². The Morgan fingerprint density at radius 1 is 0.833 bits per heavy atom. The zero-order valence-corrected chi connectivity index (χ0v) is 12.8. The van der Waals surface area contributed by atoms with Crippen LogP contribution in [0.2, 0.25) is 0 Å². The lowest BCUT2D eigenvalue weighted by atomic mass is 10.1. The number of benzene rings is 1. The molecule has 0 fully saturated rings. The maximum atomic E-state index is 11.1. The second kappa shape index (κ2) is 8.16. The molecule has 1 rings (SSSR count). The van der Waals surface area contributed by atoms with Crippen molar-refractivity contribution in [1.29, 1.82) is 0 Å². The molecule has 0 aliphatic carbocycles. The molecule has 0 unspecified atom stereocenters. The predicted octanol–water partition coefficient (Wildman–Crippen LogP) is 3.64. The van der Waals surface area contributed by atoms with Gasteiger partial charge in [0.15, 0.2) is 11.6 Å². The first-order valence-electron chi connectivity index (χ1n) is 5.29. The first-order chi connectivity index (χ1) is 8.65. The van der Waals surface area contributed by atoms with Gasteiger partial charge in [0.05, 0.1) is 10.7 Å². The van der Waals surface area contributed by atoms with Gasteiger partial charge < -0.3 is 0 Å². The second-order valence-corrected chi connectivity index (χ2v) is 4.65. The van der Waals surface area contributed by atoms with Crippen LogP contribution < -0.4 is 0 Å². The standard InChI is InChI=1S/C14H12Br2O2/c15-9-13(17)7-5-11-1-2-12(4-3-11)6-8-14(18)10-16/h1-8H,9-10H2/b7-5+,8-6+. The summed E-state index contributed by atoms with van der Waals surface area (Å²) in [5.41, 5.74) is 1.90. The molecule has 2 nitrogen and oxygen atoms in total. The third kappa shape index (κ3) is 5.56. The number of carbonyl (C=O) groups excluding carboxylic acids is 2. The summed E-state index contributed by atoms with van der Waals surface area (Å²) >= 11 is 6.19. The summed E-state index contributed by atoms with van der Waals surface area (Å²) < 4.78 is 0. The van der Waals surface area contributed by atoms with Crippen LogP contribution in [-0.2, 0) is 9.59 Å². The van der Waals surface area contributed by atoms with Crippen molar-refractivity contribution in [2.45, 2.75) is 0 Å². The van der Waals surface area contributed by atoms with E-state index in [1.165, 1.54) is 12.2 Å². The van der Waals surface area contributed by atoms with Crippen molar-refractivity contribution in [2.24, 2.45) is 0 Å². The van der Waals surface area contributed by atoms with E-state index in [0.29, 0.717) is 10.7 Å². The number of ketones is 2. The summed E-state index contributed by atoms with van der Waals surface area (Å²) in [5, 5.41) is 0.665. The number of hydrogen-bond donors (Lipinski definition) is 0. The maximum Gasteiger partial charge on any atom is 0.166 e. The van der Waals surface area contributed by atoms with Crippen LogP contribution in [0.1, 0.15) is 11.1 Å². The monoisotopic (exact) mass is 370 g/mol. The summed E-state index contributed by atoms with van der Waals surface area (Å²) in [6.07, 6.45) is 6.60. The van der Waals surface area contributed by atoms with Gasteiger partial charge in [0.25, 0.3) is 0 Å². The Bertz CT molecular complexity index is 428. The summed E-state index contributed by atoms with van der Waals surface area (Å²) in [6.45, 7) is 0. The lowest BCUT2D eigenvalue weighted by Crippen LogP contribution is -1.91. The highest BCUT2D eigenvalue weighted by atomic mass is 79.9. The van der Waals surface area contributed by atoms with Gasteiger partial charge in [-0.25, -0.2) is 0 Å². The Labute approximate surface area is 123 Å². The minimum atomic E-state index is 0.0295. The van der Waals surface area contributed by atoms with E-state index in [2.05, 4.69) is 31.9 Å². The van der Waals surface area contributed by atoms with Crippen LogP contribution in [0, 0.1) is 0 Å². The van der Waals surface area contributed by atoms with Gasteiger partial charge in [0.1, 0.15) is 0 Å². The summed E-state index contributed by atoms with van der Waals surface area (Å²) in [5.74, 6) is 0.0591. The number of alkyl halides is 2. The first kappa shape index (κ1) is 15.1. The molecule has 4 heteroatoms. The highest BCUT2D eigenvalue weighted by Crippen LogP contribution is 2.08. The normalized spacial score (nSPS) is 11.2. The van der Waals surface area contributed by atoms with Crippen LogP contribution in [0.5, 0.6) is 0 Å². The van der Waals surface area contributed by atoms with Crippen LogP contribution in [-0.4, -0.2) is 22.2 Å². The Balaban J connectivity index is 2.68. The number of rotatable bonds is 6. The van der Waals surface area contributed by atoms with Crippen molar-refractivity contribution in [2.75, 3.05) is 10.7 Å². The molecule has 0 amide bonds. The second-order valence-electron chi connectivity index (χ2n) is 3.53.